The van der Waals surface area contributed by atoms with Gasteiger partial charge in [-0.25, -0.2) is 0 Å². The first-order valence-electron chi connectivity index (χ1n) is 9.52. The van der Waals surface area contributed by atoms with Gasteiger partial charge in [0.25, 0.3) is 0 Å². The van der Waals surface area contributed by atoms with Gasteiger partial charge in [0.2, 0.25) is 0 Å². The molecule has 0 aliphatic carbocycles. The fraction of sp³-hybridized carbons (Fsp3) is 0.0741. The van der Waals surface area contributed by atoms with Gasteiger partial charge in [-0.2, -0.15) is 0 Å². The summed E-state index contributed by atoms with van der Waals surface area (Å²) in [7, 11) is 0. The lowest BCUT2D eigenvalue weighted by Gasteiger charge is -2.33. The lowest BCUT2D eigenvalue weighted by Crippen LogP contribution is -2.26. The zero-order valence-corrected chi connectivity index (χ0v) is 17.7. The van der Waals surface area contributed by atoms with E-state index < -0.39 is 5.41 Å². The van der Waals surface area contributed by atoms with Gasteiger partial charge in [-0.15, -0.1) is 0 Å². The van der Waals surface area contributed by atoms with Crippen molar-refractivity contribution in [3.05, 3.63) is 136 Å². The minimum atomic E-state index is -0.648. The first kappa shape index (κ1) is 19.8. The van der Waals surface area contributed by atoms with Crippen molar-refractivity contribution < 1.29 is 0 Å². The van der Waals surface area contributed by atoms with Gasteiger partial charge in [0.05, 0.1) is 0 Å². The van der Waals surface area contributed by atoms with Crippen molar-refractivity contribution in [2.75, 3.05) is 0 Å². The average molecular weight is 416 g/mol. The van der Waals surface area contributed by atoms with Crippen LogP contribution in [0.25, 0.3) is 11.1 Å². The average Bonchev–Trinajstić information content (AvgIpc) is 2.74. The number of hydrogen-bond acceptors (Lipinski definition) is 0. The molecule has 2 heteroatoms. The van der Waals surface area contributed by atoms with E-state index in [1.165, 1.54) is 16.7 Å². The summed E-state index contributed by atoms with van der Waals surface area (Å²) in [6.45, 7) is 6.76. The highest BCUT2D eigenvalue weighted by molar-refractivity contribution is 6.35. The third-order valence-corrected chi connectivity index (χ3v) is 5.97. The first-order chi connectivity index (χ1) is 14.0. The van der Waals surface area contributed by atoms with Crippen LogP contribution in [0.5, 0.6) is 0 Å². The third-order valence-electron chi connectivity index (χ3n) is 5.42. The van der Waals surface area contributed by atoms with Crippen LogP contribution < -0.4 is 0 Å². The largest absolute Gasteiger partial charge is 0.0843 e. The van der Waals surface area contributed by atoms with E-state index in [0.29, 0.717) is 10.0 Å². The number of rotatable bonds is 4. The standard InChI is InChI=1S/C27H21Cl2/c1-19-8-12-22(13-9-19)27(2,25-17-16-24(28)18-26(25)29)23-14-10-21(11-15-23)20-6-4-3-5-7-20/h3-18H,2H2,1H3. The lowest BCUT2D eigenvalue weighted by molar-refractivity contribution is 0.774. The molecule has 29 heavy (non-hydrogen) atoms. The predicted molar refractivity (Wildman–Crippen MR) is 125 cm³/mol. The maximum atomic E-state index is 6.65. The number of halogens is 2. The van der Waals surface area contributed by atoms with Gasteiger partial charge in [-0.1, -0.05) is 114 Å². The Morgan fingerprint density at radius 3 is 1.79 bits per heavy atom. The van der Waals surface area contributed by atoms with Crippen molar-refractivity contribution in [2.24, 2.45) is 0 Å². The summed E-state index contributed by atoms with van der Waals surface area (Å²) >= 11 is 12.8. The van der Waals surface area contributed by atoms with Crippen LogP contribution in [0.1, 0.15) is 22.3 Å². The molecule has 0 fully saturated rings. The second-order valence-corrected chi connectivity index (χ2v) is 8.18. The maximum absolute atomic E-state index is 6.65. The van der Waals surface area contributed by atoms with Crippen molar-refractivity contribution in [1.82, 2.24) is 0 Å². The van der Waals surface area contributed by atoms with Gasteiger partial charge < -0.3 is 0 Å². The highest BCUT2D eigenvalue weighted by Gasteiger charge is 2.33. The molecule has 1 atom stereocenters. The highest BCUT2D eigenvalue weighted by atomic mass is 35.5. The monoisotopic (exact) mass is 415 g/mol. The Kier molecular flexibility index (Phi) is 5.50. The summed E-state index contributed by atoms with van der Waals surface area (Å²) in [6.07, 6.45) is 0. The summed E-state index contributed by atoms with van der Waals surface area (Å²) in [5.74, 6) is 0. The van der Waals surface area contributed by atoms with Crippen LogP contribution in [0.3, 0.4) is 0 Å². The zero-order chi connectivity index (χ0) is 20.4. The van der Waals surface area contributed by atoms with Crippen molar-refractivity contribution >= 4 is 23.2 Å². The summed E-state index contributed by atoms with van der Waals surface area (Å²) in [4.78, 5) is 0. The van der Waals surface area contributed by atoms with Crippen molar-refractivity contribution in [3.8, 4) is 11.1 Å². The summed E-state index contributed by atoms with van der Waals surface area (Å²) in [5, 5.41) is 1.23. The number of hydrogen-bond donors (Lipinski definition) is 0. The number of aryl methyl sites for hydroxylation is 1. The van der Waals surface area contributed by atoms with Crippen LogP contribution in [0.4, 0.5) is 0 Å². The van der Waals surface area contributed by atoms with Crippen molar-refractivity contribution in [3.63, 3.8) is 0 Å². The second-order valence-electron chi connectivity index (χ2n) is 7.34. The van der Waals surface area contributed by atoms with Crippen LogP contribution in [-0.2, 0) is 5.41 Å². The first-order valence-corrected chi connectivity index (χ1v) is 10.3. The molecule has 0 aromatic heterocycles. The van der Waals surface area contributed by atoms with Crippen LogP contribution in [0.15, 0.2) is 97.1 Å². The summed E-state index contributed by atoms with van der Waals surface area (Å²) in [6, 6.07) is 33.0. The van der Waals surface area contributed by atoms with Crippen LogP contribution in [0.2, 0.25) is 10.0 Å². The van der Waals surface area contributed by atoms with E-state index in [-0.39, 0.29) is 0 Å². The third kappa shape index (κ3) is 3.83. The van der Waals surface area contributed by atoms with Crippen LogP contribution in [-0.4, -0.2) is 0 Å². The molecular formula is C27H21Cl2. The molecule has 0 saturated carbocycles. The van der Waals surface area contributed by atoms with Gasteiger partial charge in [0.15, 0.2) is 0 Å². The molecule has 0 bridgehead atoms. The topological polar surface area (TPSA) is 0 Å². The van der Waals surface area contributed by atoms with E-state index in [1.807, 2.05) is 18.2 Å². The van der Waals surface area contributed by atoms with Gasteiger partial charge in [-0.05, 0) is 53.8 Å². The quantitative estimate of drug-likeness (QED) is 0.295. The van der Waals surface area contributed by atoms with Gasteiger partial charge >= 0.3 is 0 Å². The normalized spacial score (nSPS) is 13.1. The van der Waals surface area contributed by atoms with Crippen molar-refractivity contribution in [2.45, 2.75) is 12.3 Å². The zero-order valence-electron chi connectivity index (χ0n) is 16.2. The van der Waals surface area contributed by atoms with E-state index in [2.05, 4.69) is 86.6 Å². The molecule has 4 aromatic carbocycles. The smallest absolute Gasteiger partial charge is 0.0466 e. The Balaban J connectivity index is 1.87. The Labute approximate surface area is 182 Å². The molecule has 4 aromatic rings. The van der Waals surface area contributed by atoms with Gasteiger partial charge in [-0.3, -0.25) is 0 Å². The Hall–Kier alpha value is -2.54. The molecule has 0 aliphatic heterocycles. The van der Waals surface area contributed by atoms with Crippen LogP contribution in [0, 0.1) is 13.8 Å². The molecule has 4 rings (SSSR count). The minimum Gasteiger partial charge on any atom is -0.0843 e. The van der Waals surface area contributed by atoms with Crippen molar-refractivity contribution in [1.29, 1.82) is 0 Å². The van der Waals surface area contributed by atoms with E-state index in [1.54, 1.807) is 6.07 Å². The Morgan fingerprint density at radius 1 is 0.655 bits per heavy atom. The van der Waals surface area contributed by atoms with E-state index in [0.717, 1.165) is 16.7 Å². The summed E-state index contributed by atoms with van der Waals surface area (Å²) in [5.41, 5.74) is 6.00. The minimum absolute atomic E-state index is 0.611. The van der Waals surface area contributed by atoms with E-state index in [9.17, 15) is 0 Å². The maximum Gasteiger partial charge on any atom is 0.0466 e. The number of benzene rings is 4. The Bertz CT molecular complexity index is 1110. The molecule has 0 nitrogen and oxygen atoms in total. The van der Waals surface area contributed by atoms with Gasteiger partial charge in [0.1, 0.15) is 0 Å². The predicted octanol–water partition coefficient (Wildman–Crippen LogP) is 8.14. The van der Waals surface area contributed by atoms with Crippen LogP contribution >= 0.6 is 23.2 Å². The molecule has 0 amide bonds. The van der Waals surface area contributed by atoms with E-state index >= 15 is 0 Å². The SMILES string of the molecule is [CH2]C(c1ccc(C)cc1)(c1ccc(-c2ccccc2)cc1)c1ccc(Cl)cc1Cl. The lowest BCUT2D eigenvalue weighted by atomic mass is 9.70. The Morgan fingerprint density at radius 2 is 1.21 bits per heavy atom. The molecule has 143 valence electrons. The molecule has 1 radical (unpaired) electrons. The molecular weight excluding hydrogens is 395 g/mol. The fourth-order valence-electron chi connectivity index (χ4n) is 3.73. The fourth-order valence-corrected chi connectivity index (χ4v) is 4.30. The second kappa shape index (κ2) is 8.06. The van der Waals surface area contributed by atoms with Gasteiger partial charge in [0, 0.05) is 15.5 Å². The molecule has 1 unspecified atom stereocenters. The highest BCUT2D eigenvalue weighted by Crippen LogP contribution is 2.42. The molecule has 0 aliphatic rings. The molecule has 0 spiro atoms. The van der Waals surface area contributed by atoms with E-state index in [4.69, 9.17) is 23.2 Å². The molecule has 0 heterocycles. The molecule has 0 saturated heterocycles. The summed E-state index contributed by atoms with van der Waals surface area (Å²) < 4.78 is 0. The molecule has 0 N–H and O–H groups in total.